The number of carbonyl (C=O) groups is 2. The minimum absolute atomic E-state index is 0.260. The second kappa shape index (κ2) is 6.43. The highest BCUT2D eigenvalue weighted by Gasteiger charge is 2.12. The second-order valence-corrected chi connectivity index (χ2v) is 3.43. The number of ether oxygens (including phenoxy) is 1. The van der Waals surface area contributed by atoms with Crippen LogP contribution < -0.4 is 0 Å². The monoisotopic (exact) mass is 230 g/mol. The fourth-order valence-electron chi connectivity index (χ4n) is 1.16. The van der Waals surface area contributed by atoms with Crippen LogP contribution in [-0.4, -0.2) is 17.9 Å². The number of benzene rings is 1. The molecular weight excluding hydrogens is 216 g/mol. The van der Waals surface area contributed by atoms with Crippen molar-refractivity contribution in [2.75, 3.05) is 0 Å². The molecule has 0 aliphatic heterocycles. The molecule has 0 saturated carbocycles. The first-order valence-corrected chi connectivity index (χ1v) is 5.23. The summed E-state index contributed by atoms with van der Waals surface area (Å²) in [5.74, 6) is -0.858. The van der Waals surface area contributed by atoms with Gasteiger partial charge in [0, 0.05) is 6.08 Å². The predicted octanol–water partition coefficient (Wildman–Crippen LogP) is 2.39. The number of carbonyl (C=O) groups excluding carboxylic acids is 2. The van der Waals surface area contributed by atoms with E-state index >= 15 is 0 Å². The molecule has 1 aromatic rings. The van der Waals surface area contributed by atoms with E-state index < -0.39 is 12.1 Å². The zero-order valence-electron chi connectivity index (χ0n) is 9.63. The van der Waals surface area contributed by atoms with Crippen molar-refractivity contribution in [1.29, 1.82) is 0 Å². The second-order valence-electron chi connectivity index (χ2n) is 3.43. The molecule has 0 aliphatic carbocycles. The Morgan fingerprint density at radius 2 is 1.94 bits per heavy atom. The van der Waals surface area contributed by atoms with E-state index in [-0.39, 0.29) is 5.78 Å². The highest BCUT2D eigenvalue weighted by Crippen LogP contribution is 2.03. The van der Waals surface area contributed by atoms with Crippen molar-refractivity contribution in [1.82, 2.24) is 0 Å². The Morgan fingerprint density at radius 1 is 1.29 bits per heavy atom. The van der Waals surface area contributed by atoms with E-state index in [1.54, 1.807) is 6.08 Å². The van der Waals surface area contributed by atoms with Crippen molar-refractivity contribution in [3.8, 4) is 0 Å². The first-order valence-electron chi connectivity index (χ1n) is 5.23. The Balaban J connectivity index is 2.57. The lowest BCUT2D eigenvalue weighted by atomic mass is 10.1. The Morgan fingerprint density at radius 3 is 2.53 bits per heavy atom. The predicted molar refractivity (Wildman–Crippen MR) is 66.2 cm³/mol. The van der Waals surface area contributed by atoms with Crippen molar-refractivity contribution < 1.29 is 14.3 Å². The molecule has 0 fully saturated rings. The number of rotatable bonds is 5. The van der Waals surface area contributed by atoms with Crippen LogP contribution in [0.1, 0.15) is 12.5 Å². The first-order chi connectivity index (χ1) is 8.13. The maximum Gasteiger partial charge on any atom is 0.330 e. The van der Waals surface area contributed by atoms with E-state index in [1.807, 2.05) is 30.3 Å². The van der Waals surface area contributed by atoms with Crippen molar-refractivity contribution >= 4 is 17.8 Å². The molecule has 0 radical (unpaired) electrons. The average Bonchev–Trinajstić information content (AvgIpc) is 2.36. The first kappa shape index (κ1) is 12.9. The van der Waals surface area contributed by atoms with E-state index in [0.29, 0.717) is 0 Å². The fourth-order valence-corrected chi connectivity index (χ4v) is 1.16. The van der Waals surface area contributed by atoms with Gasteiger partial charge in [0.2, 0.25) is 0 Å². The quantitative estimate of drug-likeness (QED) is 0.576. The summed E-state index contributed by atoms with van der Waals surface area (Å²) < 4.78 is 4.79. The van der Waals surface area contributed by atoms with E-state index in [0.717, 1.165) is 11.6 Å². The summed E-state index contributed by atoms with van der Waals surface area (Å²) in [5, 5.41) is 0. The van der Waals surface area contributed by atoms with Crippen LogP contribution in [0.2, 0.25) is 0 Å². The van der Waals surface area contributed by atoms with Crippen LogP contribution in [0, 0.1) is 0 Å². The van der Waals surface area contributed by atoms with Crippen molar-refractivity contribution in [3.63, 3.8) is 0 Å². The van der Waals surface area contributed by atoms with Gasteiger partial charge in [0.25, 0.3) is 0 Å². The van der Waals surface area contributed by atoms with Gasteiger partial charge in [0.1, 0.15) is 0 Å². The third kappa shape index (κ3) is 4.47. The Kier molecular flexibility index (Phi) is 4.88. The molecule has 17 heavy (non-hydrogen) atoms. The highest BCUT2D eigenvalue weighted by molar-refractivity contribution is 5.98. The standard InChI is InChI=1S/C14H14O3/c1-3-14(16)17-11(2)13(15)10-9-12-7-5-4-6-8-12/h3-11H,1H2,2H3/b10-9+. The van der Waals surface area contributed by atoms with E-state index in [1.165, 1.54) is 13.0 Å². The summed E-state index contributed by atoms with van der Waals surface area (Å²) in [6.07, 6.45) is 3.32. The fraction of sp³-hybridized carbons (Fsp3) is 0.143. The molecule has 1 unspecified atom stereocenters. The van der Waals surface area contributed by atoms with Gasteiger partial charge in [-0.25, -0.2) is 4.79 Å². The van der Waals surface area contributed by atoms with Crippen molar-refractivity contribution in [2.24, 2.45) is 0 Å². The van der Waals surface area contributed by atoms with Gasteiger partial charge in [0.05, 0.1) is 0 Å². The normalized spacial score (nSPS) is 12.1. The smallest absolute Gasteiger partial charge is 0.330 e. The van der Waals surface area contributed by atoms with Gasteiger partial charge in [-0.15, -0.1) is 0 Å². The minimum Gasteiger partial charge on any atom is -0.451 e. The Hall–Kier alpha value is -2.16. The topological polar surface area (TPSA) is 43.4 Å². The molecule has 0 spiro atoms. The molecule has 1 atom stereocenters. The van der Waals surface area contributed by atoms with Gasteiger partial charge in [-0.05, 0) is 18.6 Å². The van der Waals surface area contributed by atoms with Gasteiger partial charge >= 0.3 is 5.97 Å². The van der Waals surface area contributed by atoms with Crippen LogP contribution in [0.15, 0.2) is 49.1 Å². The molecule has 1 rings (SSSR count). The molecule has 88 valence electrons. The van der Waals surface area contributed by atoms with Gasteiger partial charge < -0.3 is 4.74 Å². The van der Waals surface area contributed by atoms with Crippen LogP contribution >= 0.6 is 0 Å². The molecule has 0 amide bonds. The molecule has 0 heterocycles. The SMILES string of the molecule is C=CC(=O)OC(C)C(=O)/C=C/c1ccccc1. The summed E-state index contributed by atoms with van der Waals surface area (Å²) in [4.78, 5) is 22.5. The number of esters is 1. The lowest BCUT2D eigenvalue weighted by Crippen LogP contribution is -2.21. The van der Waals surface area contributed by atoms with Gasteiger partial charge in [-0.3, -0.25) is 4.79 Å². The lowest BCUT2D eigenvalue weighted by Gasteiger charge is -2.07. The van der Waals surface area contributed by atoms with Crippen LogP contribution in [0.3, 0.4) is 0 Å². The van der Waals surface area contributed by atoms with Gasteiger partial charge in [-0.1, -0.05) is 43.0 Å². The van der Waals surface area contributed by atoms with Crippen molar-refractivity contribution in [2.45, 2.75) is 13.0 Å². The van der Waals surface area contributed by atoms with Gasteiger partial charge in [-0.2, -0.15) is 0 Å². The van der Waals surface area contributed by atoms with Crippen LogP contribution in [-0.2, 0) is 14.3 Å². The third-order valence-electron chi connectivity index (χ3n) is 2.10. The number of hydrogen-bond donors (Lipinski definition) is 0. The summed E-state index contributed by atoms with van der Waals surface area (Å²) in [5.41, 5.74) is 0.920. The van der Waals surface area contributed by atoms with Crippen LogP contribution in [0.25, 0.3) is 6.08 Å². The number of hydrogen-bond acceptors (Lipinski definition) is 3. The highest BCUT2D eigenvalue weighted by atomic mass is 16.5. The maximum atomic E-state index is 11.6. The Labute approximate surface area is 100 Å². The molecular formula is C14H14O3. The van der Waals surface area contributed by atoms with E-state index in [2.05, 4.69) is 6.58 Å². The zero-order chi connectivity index (χ0) is 12.7. The third-order valence-corrected chi connectivity index (χ3v) is 2.10. The van der Waals surface area contributed by atoms with Gasteiger partial charge in [0.15, 0.2) is 11.9 Å². The molecule has 1 aromatic carbocycles. The average molecular weight is 230 g/mol. The Bertz CT molecular complexity index is 432. The van der Waals surface area contributed by atoms with Crippen molar-refractivity contribution in [3.05, 3.63) is 54.6 Å². The zero-order valence-corrected chi connectivity index (χ0v) is 9.63. The molecule has 3 nitrogen and oxygen atoms in total. The minimum atomic E-state index is -0.791. The summed E-state index contributed by atoms with van der Waals surface area (Å²) in [6.45, 7) is 4.79. The molecule has 3 heteroatoms. The maximum absolute atomic E-state index is 11.6. The van der Waals surface area contributed by atoms with E-state index in [9.17, 15) is 9.59 Å². The summed E-state index contributed by atoms with van der Waals surface area (Å²) in [6, 6.07) is 9.42. The summed E-state index contributed by atoms with van der Waals surface area (Å²) >= 11 is 0. The molecule has 0 aromatic heterocycles. The number of ketones is 1. The molecule has 0 aliphatic rings. The molecule has 0 N–H and O–H groups in total. The molecule has 0 bridgehead atoms. The summed E-state index contributed by atoms with van der Waals surface area (Å²) in [7, 11) is 0. The largest absolute Gasteiger partial charge is 0.451 e. The van der Waals surface area contributed by atoms with Crippen LogP contribution in [0.4, 0.5) is 0 Å². The lowest BCUT2D eigenvalue weighted by molar-refractivity contribution is -0.147. The molecule has 0 saturated heterocycles. The van der Waals surface area contributed by atoms with Crippen LogP contribution in [0.5, 0.6) is 0 Å². The van der Waals surface area contributed by atoms with E-state index in [4.69, 9.17) is 4.74 Å².